The van der Waals surface area contributed by atoms with E-state index in [1.54, 1.807) is 0 Å². The molecule has 0 bridgehead atoms. The Balaban J connectivity index is 2.67. The Morgan fingerprint density at radius 3 is 2.82 bits per heavy atom. The monoisotopic (exact) mass is 144 g/mol. The van der Waals surface area contributed by atoms with Crippen molar-refractivity contribution >= 4 is 6.08 Å². The number of rotatable bonds is 0. The van der Waals surface area contributed by atoms with Crippen molar-refractivity contribution in [3.8, 4) is 0 Å². The average molecular weight is 144 g/mol. The van der Waals surface area contributed by atoms with Gasteiger partial charge in [0, 0.05) is 0 Å². The lowest BCUT2D eigenvalue weighted by Crippen LogP contribution is -1.90. The summed E-state index contributed by atoms with van der Waals surface area (Å²) in [5, 5.41) is 0. The predicted molar refractivity (Wildman–Crippen MR) is 48.7 cm³/mol. The lowest BCUT2D eigenvalue weighted by atomic mass is 9.99. The summed E-state index contributed by atoms with van der Waals surface area (Å²) in [6, 6.07) is 4.41. The summed E-state index contributed by atoms with van der Waals surface area (Å²) >= 11 is 0. The van der Waals surface area contributed by atoms with Gasteiger partial charge in [0.1, 0.15) is 0 Å². The Bertz CT molecular complexity index is 319. The van der Waals surface area contributed by atoms with Crippen LogP contribution in [0.25, 0.3) is 6.08 Å². The Labute approximate surface area is 67.6 Å². The third kappa shape index (κ3) is 0.900. The molecule has 56 valence electrons. The number of hydrogen-bond acceptors (Lipinski definition) is 0. The van der Waals surface area contributed by atoms with Crippen molar-refractivity contribution in [2.45, 2.75) is 20.3 Å². The van der Waals surface area contributed by atoms with Crippen molar-refractivity contribution < 1.29 is 0 Å². The van der Waals surface area contributed by atoms with Gasteiger partial charge in [-0.2, -0.15) is 0 Å². The molecule has 0 saturated heterocycles. The highest BCUT2D eigenvalue weighted by Crippen LogP contribution is 2.24. The van der Waals surface area contributed by atoms with Crippen LogP contribution in [0.3, 0.4) is 0 Å². The van der Waals surface area contributed by atoms with E-state index in [1.807, 2.05) is 0 Å². The Hall–Kier alpha value is -1.04. The van der Waals surface area contributed by atoms with Gasteiger partial charge in [-0.25, -0.2) is 0 Å². The molecule has 0 nitrogen and oxygen atoms in total. The van der Waals surface area contributed by atoms with Crippen molar-refractivity contribution in [1.29, 1.82) is 0 Å². The molecule has 1 aromatic carbocycles. The van der Waals surface area contributed by atoms with Gasteiger partial charge in [0.05, 0.1) is 0 Å². The van der Waals surface area contributed by atoms with Gasteiger partial charge in [0.15, 0.2) is 0 Å². The van der Waals surface area contributed by atoms with Gasteiger partial charge < -0.3 is 0 Å². The summed E-state index contributed by atoms with van der Waals surface area (Å²) in [7, 11) is 0. The van der Waals surface area contributed by atoms with E-state index in [0.717, 1.165) is 6.42 Å². The third-order valence-electron chi connectivity index (χ3n) is 2.52. The van der Waals surface area contributed by atoms with E-state index in [4.69, 9.17) is 0 Å². The van der Waals surface area contributed by atoms with Gasteiger partial charge in [-0.1, -0.05) is 24.3 Å². The predicted octanol–water partition coefficient (Wildman–Crippen LogP) is 2.87. The SMILES string of the molecule is Cc1ccc2c(c1C)CC=C2. The molecule has 0 amide bonds. The summed E-state index contributed by atoms with van der Waals surface area (Å²) < 4.78 is 0. The Morgan fingerprint density at radius 1 is 1.18 bits per heavy atom. The lowest BCUT2D eigenvalue weighted by Gasteiger charge is -2.06. The van der Waals surface area contributed by atoms with E-state index in [0.29, 0.717) is 0 Å². The van der Waals surface area contributed by atoms with Crippen LogP contribution in [-0.4, -0.2) is 0 Å². The first-order valence-corrected chi connectivity index (χ1v) is 4.04. The van der Waals surface area contributed by atoms with Gasteiger partial charge in [-0.15, -0.1) is 0 Å². The summed E-state index contributed by atoms with van der Waals surface area (Å²) in [5.41, 5.74) is 5.80. The molecule has 1 aromatic rings. The maximum Gasteiger partial charge on any atom is -0.00854 e. The van der Waals surface area contributed by atoms with E-state index in [-0.39, 0.29) is 0 Å². The zero-order chi connectivity index (χ0) is 7.84. The van der Waals surface area contributed by atoms with E-state index in [1.165, 1.54) is 22.3 Å². The molecular formula is C11H12. The highest BCUT2D eigenvalue weighted by Gasteiger charge is 2.07. The van der Waals surface area contributed by atoms with Crippen LogP contribution in [0, 0.1) is 13.8 Å². The first-order chi connectivity index (χ1) is 5.29. The number of benzene rings is 1. The number of aryl methyl sites for hydroxylation is 1. The maximum absolute atomic E-state index is 2.23. The van der Waals surface area contributed by atoms with Crippen LogP contribution in [0.2, 0.25) is 0 Å². The molecule has 0 aliphatic heterocycles. The smallest absolute Gasteiger partial charge is 0.00854 e. The number of allylic oxidation sites excluding steroid dienone is 1. The fraction of sp³-hybridized carbons (Fsp3) is 0.273. The fourth-order valence-electron chi connectivity index (χ4n) is 1.63. The molecule has 11 heavy (non-hydrogen) atoms. The first-order valence-electron chi connectivity index (χ1n) is 4.04. The summed E-state index contributed by atoms with van der Waals surface area (Å²) in [6.45, 7) is 4.38. The maximum atomic E-state index is 2.23. The molecule has 2 rings (SSSR count). The quantitative estimate of drug-likeness (QED) is 0.525. The third-order valence-corrected chi connectivity index (χ3v) is 2.52. The second kappa shape index (κ2) is 2.23. The van der Waals surface area contributed by atoms with Crippen molar-refractivity contribution in [3.05, 3.63) is 40.5 Å². The average Bonchev–Trinajstić information content (AvgIpc) is 2.45. The van der Waals surface area contributed by atoms with Gasteiger partial charge in [0.2, 0.25) is 0 Å². The molecule has 0 fully saturated rings. The van der Waals surface area contributed by atoms with E-state index in [9.17, 15) is 0 Å². The summed E-state index contributed by atoms with van der Waals surface area (Å²) in [4.78, 5) is 0. The first kappa shape index (κ1) is 6.66. The molecule has 0 heteroatoms. The van der Waals surface area contributed by atoms with Crippen LogP contribution in [0.15, 0.2) is 18.2 Å². The standard InChI is InChI=1S/C11H12/c1-8-6-7-10-4-3-5-11(10)9(8)2/h3-4,6-7H,5H2,1-2H3. The molecular weight excluding hydrogens is 132 g/mol. The van der Waals surface area contributed by atoms with E-state index < -0.39 is 0 Å². The summed E-state index contributed by atoms with van der Waals surface area (Å²) in [6.07, 6.45) is 5.57. The zero-order valence-electron chi connectivity index (χ0n) is 7.02. The second-order valence-electron chi connectivity index (χ2n) is 3.18. The van der Waals surface area contributed by atoms with Crippen molar-refractivity contribution in [2.75, 3.05) is 0 Å². The van der Waals surface area contributed by atoms with E-state index >= 15 is 0 Å². The largest absolute Gasteiger partial charge is 0.0795 e. The molecule has 1 aliphatic rings. The molecule has 0 saturated carbocycles. The van der Waals surface area contributed by atoms with Gasteiger partial charge >= 0.3 is 0 Å². The molecule has 0 N–H and O–H groups in total. The Morgan fingerprint density at radius 2 is 2.00 bits per heavy atom. The molecule has 0 aromatic heterocycles. The second-order valence-corrected chi connectivity index (χ2v) is 3.18. The zero-order valence-corrected chi connectivity index (χ0v) is 7.02. The molecule has 0 atom stereocenters. The van der Waals surface area contributed by atoms with Crippen molar-refractivity contribution in [1.82, 2.24) is 0 Å². The number of fused-ring (bicyclic) bond motifs is 1. The highest BCUT2D eigenvalue weighted by molar-refractivity contribution is 5.62. The van der Waals surface area contributed by atoms with Crippen LogP contribution >= 0.6 is 0 Å². The van der Waals surface area contributed by atoms with Crippen LogP contribution in [-0.2, 0) is 6.42 Å². The van der Waals surface area contributed by atoms with Gasteiger partial charge in [-0.05, 0) is 42.5 Å². The molecule has 0 heterocycles. The molecule has 0 radical (unpaired) electrons. The minimum absolute atomic E-state index is 1.13. The van der Waals surface area contributed by atoms with Crippen LogP contribution in [0.4, 0.5) is 0 Å². The normalized spacial score (nSPS) is 13.6. The molecule has 0 unspecified atom stereocenters. The minimum atomic E-state index is 1.13. The fourth-order valence-corrected chi connectivity index (χ4v) is 1.63. The number of hydrogen-bond donors (Lipinski definition) is 0. The van der Waals surface area contributed by atoms with Crippen LogP contribution < -0.4 is 0 Å². The molecule has 0 spiro atoms. The lowest BCUT2D eigenvalue weighted by molar-refractivity contribution is 1.20. The Kier molecular flexibility index (Phi) is 1.35. The van der Waals surface area contributed by atoms with Crippen LogP contribution in [0.5, 0.6) is 0 Å². The van der Waals surface area contributed by atoms with Crippen LogP contribution in [0.1, 0.15) is 22.3 Å². The topological polar surface area (TPSA) is 0 Å². The van der Waals surface area contributed by atoms with Gasteiger partial charge in [-0.3, -0.25) is 0 Å². The molecule has 1 aliphatic carbocycles. The summed E-state index contributed by atoms with van der Waals surface area (Å²) in [5.74, 6) is 0. The van der Waals surface area contributed by atoms with Gasteiger partial charge in [0.25, 0.3) is 0 Å². The van der Waals surface area contributed by atoms with Crippen molar-refractivity contribution in [3.63, 3.8) is 0 Å². The highest BCUT2D eigenvalue weighted by atomic mass is 14.1. The van der Waals surface area contributed by atoms with E-state index in [2.05, 4.69) is 38.1 Å². The van der Waals surface area contributed by atoms with Crippen molar-refractivity contribution in [2.24, 2.45) is 0 Å². The minimum Gasteiger partial charge on any atom is -0.0795 e.